The molecule has 0 radical (unpaired) electrons. The van der Waals surface area contributed by atoms with E-state index in [0.717, 1.165) is 28.1 Å². The number of benzene rings is 3. The van der Waals surface area contributed by atoms with Crippen molar-refractivity contribution in [1.82, 2.24) is 0 Å². The summed E-state index contributed by atoms with van der Waals surface area (Å²) < 4.78 is 22.1. The SMILES string of the molecule is COc1cc2c(c(OC)c1)[C@H](c1ccc(C(=O)O)cc1)C1=C(C[C@H](c3ccc(OC)c(OC)c3)CC1=O)N2. The number of allylic oxidation sites excluding steroid dienone is 2. The molecule has 0 unspecified atom stereocenters. The van der Waals surface area contributed by atoms with Gasteiger partial charge in [0.1, 0.15) is 11.5 Å². The summed E-state index contributed by atoms with van der Waals surface area (Å²) in [6.07, 6.45) is 0.937. The van der Waals surface area contributed by atoms with E-state index in [9.17, 15) is 14.7 Å². The summed E-state index contributed by atoms with van der Waals surface area (Å²) in [6, 6.07) is 16.1. The first kappa shape index (κ1) is 25.2. The Morgan fingerprint density at radius 3 is 2.13 bits per heavy atom. The van der Waals surface area contributed by atoms with Crippen molar-refractivity contribution in [3.8, 4) is 23.0 Å². The third-order valence-electron chi connectivity index (χ3n) is 7.31. The molecule has 0 fully saturated rings. The summed E-state index contributed by atoms with van der Waals surface area (Å²) in [5.74, 6) is 0.986. The first-order chi connectivity index (χ1) is 18.4. The van der Waals surface area contributed by atoms with E-state index in [1.165, 1.54) is 0 Å². The van der Waals surface area contributed by atoms with Gasteiger partial charge in [-0.25, -0.2) is 4.79 Å². The zero-order valence-electron chi connectivity index (χ0n) is 21.7. The monoisotopic (exact) mass is 515 g/mol. The van der Waals surface area contributed by atoms with Crippen LogP contribution in [0, 0.1) is 0 Å². The number of Topliss-reactive ketones (excluding diaryl/α,β-unsaturated/α-hetero) is 1. The number of hydrogen-bond acceptors (Lipinski definition) is 7. The van der Waals surface area contributed by atoms with Crippen molar-refractivity contribution < 1.29 is 33.6 Å². The molecule has 0 bridgehead atoms. The maximum Gasteiger partial charge on any atom is 0.335 e. The highest BCUT2D eigenvalue weighted by Crippen LogP contribution is 2.52. The Bertz CT molecular complexity index is 1440. The van der Waals surface area contributed by atoms with E-state index in [1.807, 2.05) is 24.3 Å². The van der Waals surface area contributed by atoms with Crippen LogP contribution in [0.5, 0.6) is 23.0 Å². The smallest absolute Gasteiger partial charge is 0.335 e. The number of anilines is 1. The maximum absolute atomic E-state index is 13.9. The number of aromatic carboxylic acids is 1. The normalized spacial score (nSPS) is 18.2. The predicted molar refractivity (Wildman–Crippen MR) is 142 cm³/mol. The Morgan fingerprint density at radius 2 is 1.50 bits per heavy atom. The fourth-order valence-corrected chi connectivity index (χ4v) is 5.47. The molecular formula is C30H29NO7. The second kappa shape index (κ2) is 10.1. The van der Waals surface area contributed by atoms with Gasteiger partial charge < -0.3 is 29.4 Å². The van der Waals surface area contributed by atoms with Crippen molar-refractivity contribution in [2.45, 2.75) is 24.7 Å². The number of ketones is 1. The molecule has 0 saturated carbocycles. The minimum Gasteiger partial charge on any atom is -0.497 e. The number of rotatable bonds is 7. The Kier molecular flexibility index (Phi) is 6.72. The van der Waals surface area contributed by atoms with E-state index >= 15 is 0 Å². The van der Waals surface area contributed by atoms with Crippen LogP contribution in [0.2, 0.25) is 0 Å². The third kappa shape index (κ3) is 4.32. The Hall–Kier alpha value is -4.46. The molecule has 0 amide bonds. The lowest BCUT2D eigenvalue weighted by atomic mass is 9.71. The predicted octanol–water partition coefficient (Wildman–Crippen LogP) is 5.38. The second-order valence-corrected chi connectivity index (χ2v) is 9.31. The molecule has 1 heterocycles. The number of hydrogen-bond donors (Lipinski definition) is 2. The number of ether oxygens (including phenoxy) is 4. The molecular weight excluding hydrogens is 486 g/mol. The maximum atomic E-state index is 13.9. The van der Waals surface area contributed by atoms with Gasteiger partial charge in [-0.3, -0.25) is 4.79 Å². The molecule has 1 aliphatic carbocycles. The molecule has 3 aromatic carbocycles. The van der Waals surface area contributed by atoms with Gasteiger partial charge in [0.2, 0.25) is 0 Å². The standard InChI is InChI=1S/C30H29NO7/c1-35-20-14-22-29(26(15-20)38-4)27(16-5-7-17(8-6-16)30(33)34)28-21(31-22)11-19(12-23(28)32)18-9-10-24(36-2)25(13-18)37-3/h5-10,13-15,19,27,31H,11-12H2,1-4H3,(H,33,34)/t19-,27+/m0/s1. The number of carboxylic acid groups (broad SMARTS) is 1. The first-order valence-corrected chi connectivity index (χ1v) is 12.2. The molecule has 196 valence electrons. The molecule has 0 spiro atoms. The van der Waals surface area contributed by atoms with Crippen molar-refractivity contribution in [2.24, 2.45) is 0 Å². The quantitative estimate of drug-likeness (QED) is 0.433. The molecule has 38 heavy (non-hydrogen) atoms. The minimum absolute atomic E-state index is 0.0226. The Morgan fingerprint density at radius 1 is 0.816 bits per heavy atom. The Labute approximate surface area is 220 Å². The van der Waals surface area contributed by atoms with Crippen LogP contribution in [0.1, 0.15) is 51.7 Å². The van der Waals surface area contributed by atoms with E-state index in [-0.39, 0.29) is 17.3 Å². The second-order valence-electron chi connectivity index (χ2n) is 9.31. The van der Waals surface area contributed by atoms with Crippen LogP contribution in [0.3, 0.4) is 0 Å². The lowest BCUT2D eigenvalue weighted by molar-refractivity contribution is -0.116. The third-order valence-corrected chi connectivity index (χ3v) is 7.31. The summed E-state index contributed by atoms with van der Waals surface area (Å²) in [5.41, 5.74) is 5.08. The van der Waals surface area contributed by atoms with Gasteiger partial charge in [0, 0.05) is 47.0 Å². The molecule has 2 aliphatic rings. The van der Waals surface area contributed by atoms with E-state index in [0.29, 0.717) is 41.4 Å². The topological polar surface area (TPSA) is 103 Å². The van der Waals surface area contributed by atoms with E-state index in [4.69, 9.17) is 18.9 Å². The van der Waals surface area contributed by atoms with Crippen LogP contribution in [0.15, 0.2) is 65.9 Å². The van der Waals surface area contributed by atoms with Gasteiger partial charge in [-0.15, -0.1) is 0 Å². The number of fused-ring (bicyclic) bond motifs is 1. The lowest BCUT2D eigenvalue weighted by Crippen LogP contribution is -2.30. The molecule has 3 aromatic rings. The number of carbonyl (C=O) groups is 2. The van der Waals surface area contributed by atoms with Crippen LogP contribution >= 0.6 is 0 Å². The number of carbonyl (C=O) groups excluding carboxylic acids is 1. The van der Waals surface area contributed by atoms with Crippen molar-refractivity contribution in [3.05, 3.63) is 88.1 Å². The molecule has 8 heteroatoms. The molecule has 2 atom stereocenters. The fraction of sp³-hybridized carbons (Fsp3) is 0.267. The summed E-state index contributed by atoms with van der Waals surface area (Å²) in [6.45, 7) is 0. The van der Waals surface area contributed by atoms with Gasteiger partial charge in [0.25, 0.3) is 0 Å². The zero-order valence-corrected chi connectivity index (χ0v) is 21.7. The molecule has 8 nitrogen and oxygen atoms in total. The minimum atomic E-state index is -1.00. The van der Waals surface area contributed by atoms with Crippen molar-refractivity contribution >= 4 is 17.4 Å². The van der Waals surface area contributed by atoms with Crippen molar-refractivity contribution in [1.29, 1.82) is 0 Å². The van der Waals surface area contributed by atoms with Gasteiger partial charge in [0.15, 0.2) is 17.3 Å². The average Bonchev–Trinajstić information content (AvgIpc) is 2.94. The Balaban J connectivity index is 1.63. The molecule has 5 rings (SSSR count). The van der Waals surface area contributed by atoms with Gasteiger partial charge >= 0.3 is 5.97 Å². The number of carboxylic acids is 1. The highest BCUT2D eigenvalue weighted by Gasteiger charge is 2.40. The molecule has 0 saturated heterocycles. The highest BCUT2D eigenvalue weighted by molar-refractivity contribution is 6.02. The molecule has 0 aromatic heterocycles. The highest BCUT2D eigenvalue weighted by atomic mass is 16.5. The van der Waals surface area contributed by atoms with Crippen LogP contribution in [0.4, 0.5) is 5.69 Å². The van der Waals surface area contributed by atoms with Crippen LogP contribution < -0.4 is 24.3 Å². The van der Waals surface area contributed by atoms with Crippen molar-refractivity contribution in [2.75, 3.05) is 33.8 Å². The lowest BCUT2D eigenvalue weighted by Gasteiger charge is -2.37. The summed E-state index contributed by atoms with van der Waals surface area (Å²) in [4.78, 5) is 25.3. The summed E-state index contributed by atoms with van der Waals surface area (Å²) >= 11 is 0. The van der Waals surface area contributed by atoms with Crippen LogP contribution in [-0.4, -0.2) is 45.3 Å². The zero-order chi connectivity index (χ0) is 27.0. The number of nitrogens with one attached hydrogen (secondary N) is 1. The van der Waals surface area contributed by atoms with E-state index in [1.54, 1.807) is 58.8 Å². The average molecular weight is 516 g/mol. The van der Waals surface area contributed by atoms with Gasteiger partial charge in [0.05, 0.1) is 34.0 Å². The van der Waals surface area contributed by atoms with E-state index in [2.05, 4.69) is 5.32 Å². The van der Waals surface area contributed by atoms with E-state index < -0.39 is 11.9 Å². The first-order valence-electron chi connectivity index (χ1n) is 12.2. The van der Waals surface area contributed by atoms with Crippen LogP contribution in [0.25, 0.3) is 0 Å². The summed E-state index contributed by atoms with van der Waals surface area (Å²) in [7, 11) is 6.36. The molecule has 2 N–H and O–H groups in total. The van der Waals surface area contributed by atoms with Crippen LogP contribution in [-0.2, 0) is 4.79 Å². The summed E-state index contributed by atoms with van der Waals surface area (Å²) in [5, 5.41) is 12.9. The number of methoxy groups -OCH3 is 4. The van der Waals surface area contributed by atoms with Gasteiger partial charge in [-0.2, -0.15) is 0 Å². The van der Waals surface area contributed by atoms with Gasteiger partial charge in [-0.05, 0) is 47.7 Å². The fourth-order valence-electron chi connectivity index (χ4n) is 5.47. The largest absolute Gasteiger partial charge is 0.497 e. The molecule has 1 aliphatic heterocycles. The van der Waals surface area contributed by atoms with Gasteiger partial charge in [-0.1, -0.05) is 18.2 Å². The van der Waals surface area contributed by atoms with Crippen molar-refractivity contribution in [3.63, 3.8) is 0 Å².